The fraction of sp³-hybridized carbons (Fsp3) is 0.200. The van der Waals surface area contributed by atoms with Crippen LogP contribution in [0.25, 0.3) is 22.7 Å². The molecule has 0 amide bonds. The first-order valence-electron chi connectivity index (χ1n) is 7.76. The van der Waals surface area contributed by atoms with Gasteiger partial charge in [0.05, 0.1) is 27.0 Å². The number of nitrogens with zero attached hydrogens (tertiary/aromatic N) is 2. The molecule has 23 heavy (non-hydrogen) atoms. The van der Waals surface area contributed by atoms with E-state index in [0.717, 1.165) is 27.0 Å². The Balaban J connectivity index is 2.23. The predicted molar refractivity (Wildman–Crippen MR) is 99.4 cm³/mol. The van der Waals surface area contributed by atoms with Gasteiger partial charge in [-0.2, -0.15) is 0 Å². The standard InChI is InChI=1S/C20H20N2S/c1-5-16-19(6-2)23-20-12-15(9-10-17(20)22-16)21-18-11-13(3)7-8-14(18)4/h5-12H,1-4H3/b16-5+,19-6+,21-15?. The fourth-order valence-corrected chi connectivity index (χ4v) is 3.52. The zero-order valence-electron chi connectivity index (χ0n) is 13.9. The molecular weight excluding hydrogens is 300 g/mol. The molecule has 0 bridgehead atoms. The lowest BCUT2D eigenvalue weighted by Gasteiger charge is -2.05. The molecule has 0 fully saturated rings. The number of aromatic nitrogens is 1. The van der Waals surface area contributed by atoms with Crippen LogP contribution in [0.15, 0.2) is 41.4 Å². The third-order valence-electron chi connectivity index (χ3n) is 3.81. The van der Waals surface area contributed by atoms with Crippen LogP contribution in [0.5, 0.6) is 0 Å². The molecule has 0 spiro atoms. The summed E-state index contributed by atoms with van der Waals surface area (Å²) in [5, 5.41) is 2.02. The summed E-state index contributed by atoms with van der Waals surface area (Å²) in [5.74, 6) is 0. The first-order chi connectivity index (χ1) is 11.1. The van der Waals surface area contributed by atoms with Crippen LogP contribution in [0.3, 0.4) is 0 Å². The normalized spacial score (nSPS) is 14.0. The number of hydrogen-bond donors (Lipinski definition) is 0. The van der Waals surface area contributed by atoms with E-state index in [9.17, 15) is 0 Å². The predicted octanol–water partition coefficient (Wildman–Crippen LogP) is 3.70. The van der Waals surface area contributed by atoms with E-state index in [1.54, 1.807) is 11.3 Å². The fourth-order valence-electron chi connectivity index (χ4n) is 2.49. The first-order valence-corrected chi connectivity index (χ1v) is 8.58. The second kappa shape index (κ2) is 6.47. The highest BCUT2D eigenvalue weighted by molar-refractivity contribution is 7.13. The van der Waals surface area contributed by atoms with Crippen molar-refractivity contribution in [1.82, 2.24) is 4.98 Å². The quantitative estimate of drug-likeness (QED) is 0.671. The smallest absolute Gasteiger partial charge is 0.0811 e. The van der Waals surface area contributed by atoms with Crippen molar-refractivity contribution in [2.24, 2.45) is 4.99 Å². The van der Waals surface area contributed by atoms with E-state index in [1.807, 2.05) is 13.0 Å². The van der Waals surface area contributed by atoms with Crippen LogP contribution in [0.1, 0.15) is 25.0 Å². The lowest BCUT2D eigenvalue weighted by Crippen LogP contribution is -2.26. The molecule has 116 valence electrons. The van der Waals surface area contributed by atoms with Gasteiger partial charge in [-0.3, -0.25) is 0 Å². The van der Waals surface area contributed by atoms with Crippen molar-refractivity contribution in [3.05, 3.63) is 62.8 Å². The van der Waals surface area contributed by atoms with E-state index in [2.05, 4.69) is 63.3 Å². The molecule has 1 aromatic rings. The summed E-state index contributed by atoms with van der Waals surface area (Å²) in [6.45, 7) is 8.27. The molecule has 0 radical (unpaired) electrons. The van der Waals surface area contributed by atoms with Crippen LogP contribution in [-0.2, 0) is 0 Å². The summed E-state index contributed by atoms with van der Waals surface area (Å²) in [5.41, 5.74) is 4.47. The third kappa shape index (κ3) is 3.25. The lowest BCUT2D eigenvalue weighted by molar-refractivity contribution is 1.23. The van der Waals surface area contributed by atoms with E-state index in [4.69, 9.17) is 9.98 Å². The van der Waals surface area contributed by atoms with Crippen LogP contribution in [0, 0.1) is 13.8 Å². The molecule has 3 rings (SSSR count). The second-order valence-corrected chi connectivity index (χ2v) is 6.68. The highest BCUT2D eigenvalue weighted by Crippen LogP contribution is 2.20. The van der Waals surface area contributed by atoms with E-state index in [-0.39, 0.29) is 0 Å². The molecule has 0 saturated carbocycles. The maximum absolute atomic E-state index is 4.81. The number of fused-ring (bicyclic) bond motifs is 1. The number of rotatable bonds is 1. The molecule has 0 aromatic heterocycles. The van der Waals surface area contributed by atoms with E-state index in [0.29, 0.717) is 0 Å². The van der Waals surface area contributed by atoms with Crippen molar-refractivity contribution in [3.8, 4) is 10.6 Å². The van der Waals surface area contributed by atoms with E-state index in [1.165, 1.54) is 15.7 Å². The average molecular weight is 320 g/mol. The molecule has 2 aliphatic rings. The van der Waals surface area contributed by atoms with Crippen LogP contribution in [0.2, 0.25) is 0 Å². The van der Waals surface area contributed by atoms with Crippen LogP contribution < -0.4 is 15.2 Å². The van der Waals surface area contributed by atoms with E-state index < -0.39 is 0 Å². The van der Waals surface area contributed by atoms with Gasteiger partial charge in [-0.25, -0.2) is 9.98 Å². The summed E-state index contributed by atoms with van der Waals surface area (Å²) in [6, 6.07) is 12.6. The Kier molecular flexibility index (Phi) is 4.39. The Morgan fingerprint density at radius 1 is 1.00 bits per heavy atom. The minimum atomic E-state index is 0.972. The molecule has 0 saturated heterocycles. The molecule has 0 unspecified atom stereocenters. The van der Waals surface area contributed by atoms with Gasteiger partial charge in [-0.15, -0.1) is 11.3 Å². The molecular formula is C20H20N2S. The maximum Gasteiger partial charge on any atom is 0.0811 e. The van der Waals surface area contributed by atoms with Gasteiger partial charge in [0.25, 0.3) is 0 Å². The van der Waals surface area contributed by atoms with Gasteiger partial charge in [0.15, 0.2) is 0 Å². The van der Waals surface area contributed by atoms with Gasteiger partial charge in [0.2, 0.25) is 0 Å². The number of aryl methyl sites for hydroxylation is 2. The van der Waals surface area contributed by atoms with Crippen LogP contribution in [0.4, 0.5) is 5.69 Å². The van der Waals surface area contributed by atoms with Gasteiger partial charge < -0.3 is 0 Å². The topological polar surface area (TPSA) is 25.2 Å². The Hall–Kier alpha value is -2.26. The molecule has 0 N–H and O–H groups in total. The van der Waals surface area contributed by atoms with Crippen LogP contribution in [-0.4, -0.2) is 4.98 Å². The van der Waals surface area contributed by atoms with Gasteiger partial charge in [-0.05, 0) is 63.1 Å². The minimum absolute atomic E-state index is 0.972. The molecule has 0 atom stereocenters. The van der Waals surface area contributed by atoms with Crippen molar-refractivity contribution in [2.75, 3.05) is 0 Å². The van der Waals surface area contributed by atoms with Gasteiger partial charge >= 0.3 is 0 Å². The second-order valence-electron chi connectivity index (χ2n) is 5.59. The Morgan fingerprint density at radius 2 is 1.83 bits per heavy atom. The van der Waals surface area contributed by atoms with Crippen molar-refractivity contribution in [3.63, 3.8) is 0 Å². The number of benzene rings is 2. The average Bonchev–Trinajstić information content (AvgIpc) is 2.56. The first kappa shape index (κ1) is 15.6. The third-order valence-corrected chi connectivity index (χ3v) is 5.02. The Labute approximate surface area is 140 Å². The van der Waals surface area contributed by atoms with Crippen molar-refractivity contribution in [1.29, 1.82) is 0 Å². The SMILES string of the molecule is C/C=c1/nc2ccc(=Nc3cc(C)ccc3C)cc-2s/c1=C/C. The molecule has 3 heteroatoms. The highest BCUT2D eigenvalue weighted by Gasteiger charge is 2.04. The maximum atomic E-state index is 4.81. The molecule has 1 aromatic carbocycles. The molecule has 1 heterocycles. The monoisotopic (exact) mass is 320 g/mol. The van der Waals surface area contributed by atoms with Gasteiger partial charge in [0.1, 0.15) is 0 Å². The summed E-state index contributed by atoms with van der Waals surface area (Å²) in [4.78, 5) is 10.7. The summed E-state index contributed by atoms with van der Waals surface area (Å²) in [7, 11) is 0. The van der Waals surface area contributed by atoms with Gasteiger partial charge in [-0.1, -0.05) is 24.3 Å². The number of hydrogen-bond acceptors (Lipinski definition) is 3. The zero-order valence-corrected chi connectivity index (χ0v) is 14.7. The molecule has 2 nitrogen and oxygen atoms in total. The van der Waals surface area contributed by atoms with Crippen molar-refractivity contribution >= 4 is 29.2 Å². The van der Waals surface area contributed by atoms with Crippen LogP contribution >= 0.6 is 11.3 Å². The minimum Gasteiger partial charge on any atom is -0.249 e. The van der Waals surface area contributed by atoms with Crippen molar-refractivity contribution in [2.45, 2.75) is 27.7 Å². The Bertz CT molecular complexity index is 1010. The molecule has 1 aliphatic heterocycles. The van der Waals surface area contributed by atoms with Crippen molar-refractivity contribution < 1.29 is 0 Å². The highest BCUT2D eigenvalue weighted by atomic mass is 32.1. The summed E-state index contributed by atoms with van der Waals surface area (Å²) < 4.78 is 1.20. The van der Waals surface area contributed by atoms with E-state index >= 15 is 0 Å². The zero-order chi connectivity index (χ0) is 16.4. The summed E-state index contributed by atoms with van der Waals surface area (Å²) >= 11 is 1.76. The largest absolute Gasteiger partial charge is 0.249 e. The Morgan fingerprint density at radius 3 is 2.57 bits per heavy atom. The lowest BCUT2D eigenvalue weighted by atomic mass is 10.1. The van der Waals surface area contributed by atoms with Gasteiger partial charge in [0, 0.05) is 4.53 Å². The summed E-state index contributed by atoms with van der Waals surface area (Å²) in [6.07, 6.45) is 4.17. The molecule has 1 aliphatic carbocycles.